The molecule has 1 unspecified atom stereocenters. The molecule has 33 heavy (non-hydrogen) atoms. The van der Waals surface area contributed by atoms with Gasteiger partial charge in [-0.25, -0.2) is 9.59 Å². The zero-order chi connectivity index (χ0) is 24.0. The summed E-state index contributed by atoms with van der Waals surface area (Å²) < 4.78 is 10.1. The van der Waals surface area contributed by atoms with Crippen molar-refractivity contribution in [2.75, 3.05) is 26.1 Å². The minimum Gasteiger partial charge on any atom is -0.497 e. The van der Waals surface area contributed by atoms with Crippen molar-refractivity contribution in [3.8, 4) is 5.75 Å². The second kappa shape index (κ2) is 10.7. The Morgan fingerprint density at radius 2 is 1.73 bits per heavy atom. The van der Waals surface area contributed by atoms with E-state index in [2.05, 4.69) is 10.6 Å². The number of hydrogen-bond acceptors (Lipinski definition) is 5. The molecule has 0 radical (unpaired) electrons. The van der Waals surface area contributed by atoms with E-state index in [-0.39, 0.29) is 11.9 Å². The van der Waals surface area contributed by atoms with Gasteiger partial charge in [-0.1, -0.05) is 25.5 Å². The van der Waals surface area contributed by atoms with Gasteiger partial charge >= 0.3 is 12.0 Å². The lowest BCUT2D eigenvalue weighted by Crippen LogP contribution is -2.48. The average Bonchev–Trinajstić information content (AvgIpc) is 2.83. The minimum atomic E-state index is -0.644. The van der Waals surface area contributed by atoms with Crippen molar-refractivity contribution < 1.29 is 23.9 Å². The number of methoxy groups -OCH3 is 2. The zero-order valence-electron chi connectivity index (χ0n) is 19.3. The highest BCUT2D eigenvalue weighted by Gasteiger charge is 2.35. The average molecular weight is 452 g/mol. The third-order valence-electron chi connectivity index (χ3n) is 5.59. The van der Waals surface area contributed by atoms with E-state index in [1.54, 1.807) is 67.5 Å². The fourth-order valence-electron chi connectivity index (χ4n) is 3.70. The lowest BCUT2D eigenvalue weighted by molar-refractivity contribution is -0.136. The quantitative estimate of drug-likeness (QED) is 0.585. The third kappa shape index (κ3) is 5.34. The number of urea groups is 1. The number of carbonyl (C=O) groups is 3. The van der Waals surface area contributed by atoms with E-state index in [9.17, 15) is 14.4 Å². The Morgan fingerprint density at radius 1 is 1.06 bits per heavy atom. The standard InChI is InChI=1S/C25H29N3O5/c1-5-6-15-28-16(2)21(24(30)33-4)22(27-25(28)31)17-7-11-19(12-8-17)26-23(29)18-9-13-20(32-3)14-10-18/h7-14,22H,5-6,15H2,1-4H3,(H,26,29)(H,27,31). The maximum atomic E-state index is 12.7. The molecule has 0 saturated carbocycles. The van der Waals surface area contributed by atoms with Crippen molar-refractivity contribution in [2.45, 2.75) is 32.7 Å². The molecule has 8 nitrogen and oxygen atoms in total. The lowest BCUT2D eigenvalue weighted by atomic mass is 9.94. The van der Waals surface area contributed by atoms with E-state index in [4.69, 9.17) is 9.47 Å². The number of esters is 1. The second-order valence-electron chi connectivity index (χ2n) is 7.68. The Morgan fingerprint density at radius 3 is 2.30 bits per heavy atom. The van der Waals surface area contributed by atoms with Crippen molar-refractivity contribution in [3.05, 3.63) is 70.9 Å². The molecule has 1 aliphatic rings. The number of nitrogens with one attached hydrogen (secondary N) is 2. The van der Waals surface area contributed by atoms with Gasteiger partial charge in [0.1, 0.15) is 5.75 Å². The highest BCUT2D eigenvalue weighted by atomic mass is 16.5. The fraction of sp³-hybridized carbons (Fsp3) is 0.320. The van der Waals surface area contributed by atoms with Gasteiger partial charge in [0.15, 0.2) is 0 Å². The highest BCUT2D eigenvalue weighted by Crippen LogP contribution is 2.32. The molecule has 3 rings (SSSR count). The van der Waals surface area contributed by atoms with Crippen LogP contribution in [0.5, 0.6) is 5.75 Å². The van der Waals surface area contributed by atoms with Gasteiger partial charge in [-0.05, 0) is 55.3 Å². The number of hydrogen-bond donors (Lipinski definition) is 2. The second-order valence-corrected chi connectivity index (χ2v) is 7.68. The van der Waals surface area contributed by atoms with Gasteiger partial charge < -0.3 is 20.1 Å². The van der Waals surface area contributed by atoms with Gasteiger partial charge in [-0.2, -0.15) is 0 Å². The minimum absolute atomic E-state index is 0.254. The van der Waals surface area contributed by atoms with Gasteiger partial charge in [0.25, 0.3) is 5.91 Å². The summed E-state index contributed by atoms with van der Waals surface area (Å²) in [5, 5.41) is 5.75. The van der Waals surface area contributed by atoms with Gasteiger partial charge in [0.05, 0.1) is 25.8 Å². The molecule has 0 aromatic heterocycles. The molecule has 1 heterocycles. The molecular formula is C25H29N3O5. The number of nitrogens with zero attached hydrogens (tertiary/aromatic N) is 1. The van der Waals surface area contributed by atoms with E-state index < -0.39 is 12.0 Å². The number of benzene rings is 2. The summed E-state index contributed by atoms with van der Waals surface area (Å²) in [7, 11) is 2.89. The van der Waals surface area contributed by atoms with Crippen LogP contribution < -0.4 is 15.4 Å². The van der Waals surface area contributed by atoms with Crippen molar-refractivity contribution >= 4 is 23.6 Å². The molecule has 2 N–H and O–H groups in total. The molecule has 1 atom stereocenters. The summed E-state index contributed by atoms with van der Waals surface area (Å²) in [6, 6.07) is 12.9. The number of anilines is 1. The maximum Gasteiger partial charge on any atom is 0.337 e. The molecule has 3 amide bonds. The number of ether oxygens (including phenoxy) is 2. The largest absolute Gasteiger partial charge is 0.497 e. The Labute approximate surface area is 193 Å². The predicted octanol–water partition coefficient (Wildman–Crippen LogP) is 4.26. The number of amides is 3. The number of unbranched alkanes of at least 4 members (excludes halogenated alkanes) is 1. The van der Waals surface area contributed by atoms with Crippen LogP contribution in [0.3, 0.4) is 0 Å². The maximum absolute atomic E-state index is 12.7. The third-order valence-corrected chi connectivity index (χ3v) is 5.59. The zero-order valence-corrected chi connectivity index (χ0v) is 19.3. The Bertz CT molecular complexity index is 1040. The molecule has 174 valence electrons. The Balaban J connectivity index is 1.81. The topological polar surface area (TPSA) is 97.0 Å². The smallest absolute Gasteiger partial charge is 0.337 e. The Hall–Kier alpha value is -3.81. The van der Waals surface area contributed by atoms with E-state index in [1.165, 1.54) is 7.11 Å². The summed E-state index contributed by atoms with van der Waals surface area (Å²) >= 11 is 0. The van der Waals surface area contributed by atoms with E-state index in [0.29, 0.717) is 40.4 Å². The molecule has 0 aliphatic carbocycles. The number of rotatable bonds is 8. The monoisotopic (exact) mass is 451 g/mol. The molecule has 2 aromatic carbocycles. The summed E-state index contributed by atoms with van der Waals surface area (Å²) in [4.78, 5) is 39.4. The predicted molar refractivity (Wildman–Crippen MR) is 125 cm³/mol. The van der Waals surface area contributed by atoms with E-state index >= 15 is 0 Å². The van der Waals surface area contributed by atoms with E-state index in [1.807, 2.05) is 6.92 Å². The van der Waals surface area contributed by atoms with Crippen molar-refractivity contribution in [1.82, 2.24) is 10.2 Å². The number of carbonyl (C=O) groups excluding carboxylic acids is 3. The van der Waals surface area contributed by atoms with Crippen LogP contribution in [-0.4, -0.2) is 43.6 Å². The molecular weight excluding hydrogens is 422 g/mol. The summed E-state index contributed by atoms with van der Waals surface area (Å²) in [5.74, 6) is -0.0757. The Kier molecular flexibility index (Phi) is 7.71. The van der Waals surface area contributed by atoms with Gasteiger partial charge in [-0.3, -0.25) is 9.69 Å². The molecule has 0 spiro atoms. The highest BCUT2D eigenvalue weighted by molar-refractivity contribution is 6.04. The summed E-state index contributed by atoms with van der Waals surface area (Å²) in [5.41, 5.74) is 2.77. The van der Waals surface area contributed by atoms with E-state index in [0.717, 1.165) is 12.8 Å². The number of allylic oxidation sites excluding steroid dienone is 1. The summed E-state index contributed by atoms with van der Waals surface area (Å²) in [6.07, 6.45) is 1.75. The molecule has 2 aromatic rings. The van der Waals surface area contributed by atoms with Gasteiger partial charge in [-0.15, -0.1) is 0 Å². The van der Waals surface area contributed by atoms with Crippen molar-refractivity contribution in [2.24, 2.45) is 0 Å². The first kappa shape index (κ1) is 23.8. The van der Waals surface area contributed by atoms with Crippen LogP contribution >= 0.6 is 0 Å². The van der Waals surface area contributed by atoms with Gasteiger partial charge in [0.2, 0.25) is 0 Å². The van der Waals surface area contributed by atoms with Crippen LogP contribution in [0.15, 0.2) is 59.8 Å². The molecule has 1 aliphatic heterocycles. The molecule has 0 saturated heterocycles. The van der Waals surface area contributed by atoms with Crippen molar-refractivity contribution in [3.63, 3.8) is 0 Å². The lowest BCUT2D eigenvalue weighted by Gasteiger charge is -2.35. The van der Waals surface area contributed by atoms with Crippen LogP contribution in [0.25, 0.3) is 0 Å². The van der Waals surface area contributed by atoms with Crippen LogP contribution in [0, 0.1) is 0 Å². The molecule has 8 heteroatoms. The SMILES string of the molecule is CCCCN1C(=O)NC(c2ccc(NC(=O)c3ccc(OC)cc3)cc2)C(C(=O)OC)=C1C. The van der Waals surface area contributed by atoms with Crippen LogP contribution in [0.1, 0.15) is 48.7 Å². The van der Waals surface area contributed by atoms with Crippen LogP contribution in [0.4, 0.5) is 10.5 Å². The molecule has 0 bridgehead atoms. The van der Waals surface area contributed by atoms with Crippen molar-refractivity contribution in [1.29, 1.82) is 0 Å². The van der Waals surface area contributed by atoms with Crippen LogP contribution in [0.2, 0.25) is 0 Å². The fourth-order valence-corrected chi connectivity index (χ4v) is 3.70. The first-order valence-electron chi connectivity index (χ1n) is 10.8. The molecule has 0 fully saturated rings. The normalized spacial score (nSPS) is 15.7. The summed E-state index contributed by atoms with van der Waals surface area (Å²) in [6.45, 7) is 4.33. The van der Waals surface area contributed by atoms with Crippen LogP contribution in [-0.2, 0) is 9.53 Å². The first-order valence-corrected chi connectivity index (χ1v) is 10.8. The van der Waals surface area contributed by atoms with Gasteiger partial charge in [0, 0.05) is 23.5 Å². The first-order chi connectivity index (χ1) is 15.9.